The molecule has 31 heavy (non-hydrogen) atoms. The molecule has 7 rings (SSSR count). The largest absolute Gasteiger partial charge is 0.202 e. The van der Waals surface area contributed by atoms with Crippen LogP contribution in [0.3, 0.4) is 0 Å². The molecule has 0 radical (unpaired) electrons. The first-order valence-electron chi connectivity index (χ1n) is 11.4. The van der Waals surface area contributed by atoms with Crippen molar-refractivity contribution in [1.29, 1.82) is 0 Å². The molecule has 0 spiro atoms. The van der Waals surface area contributed by atoms with Crippen molar-refractivity contribution in [2.24, 2.45) is 0 Å². The maximum absolute atomic E-state index is 2.63. The van der Waals surface area contributed by atoms with Crippen LogP contribution in [0.5, 0.6) is 0 Å². The number of pyridine rings is 1. The molecule has 2 aliphatic carbocycles. The van der Waals surface area contributed by atoms with Crippen LogP contribution in [-0.4, -0.2) is 0 Å². The number of benzene rings is 3. The molecule has 1 nitrogen and oxygen atoms in total. The first-order valence-corrected chi connectivity index (χ1v) is 11.4. The van der Waals surface area contributed by atoms with Gasteiger partial charge >= 0.3 is 0 Å². The van der Waals surface area contributed by atoms with E-state index in [9.17, 15) is 0 Å². The summed E-state index contributed by atoms with van der Waals surface area (Å²) in [6.45, 7) is 7.09. The van der Waals surface area contributed by atoms with Crippen molar-refractivity contribution in [3.05, 3.63) is 123 Å². The van der Waals surface area contributed by atoms with Gasteiger partial charge in [0.2, 0.25) is 5.69 Å². The third-order valence-corrected chi connectivity index (χ3v) is 8.00. The Bertz CT molecular complexity index is 1420. The first-order chi connectivity index (χ1) is 15.1. The number of rotatable bonds is 0. The predicted octanol–water partition coefficient (Wildman–Crippen LogP) is 6.03. The lowest BCUT2D eigenvalue weighted by atomic mass is 9.74. The van der Waals surface area contributed by atoms with Gasteiger partial charge in [0, 0.05) is 31.4 Å². The molecule has 0 fully saturated rings. The van der Waals surface area contributed by atoms with Crippen molar-refractivity contribution < 1.29 is 4.57 Å². The summed E-state index contributed by atoms with van der Waals surface area (Å²) in [5, 5.41) is 0. The first kappa shape index (κ1) is 17.5. The van der Waals surface area contributed by atoms with E-state index in [1.165, 1.54) is 55.8 Å². The molecule has 150 valence electrons. The summed E-state index contributed by atoms with van der Waals surface area (Å²) in [5.41, 5.74) is 16.3. The zero-order valence-electron chi connectivity index (χ0n) is 18.4. The number of hydrogen-bond acceptors (Lipinski definition) is 0. The van der Waals surface area contributed by atoms with Gasteiger partial charge in [0.15, 0.2) is 11.7 Å². The van der Waals surface area contributed by atoms with Crippen molar-refractivity contribution in [2.75, 3.05) is 0 Å². The van der Waals surface area contributed by atoms with Gasteiger partial charge in [-0.3, -0.25) is 0 Å². The van der Waals surface area contributed by atoms with Gasteiger partial charge in [-0.1, -0.05) is 66.7 Å². The highest BCUT2D eigenvalue weighted by atomic mass is 15.1. The maximum atomic E-state index is 2.63. The SMILES string of the molecule is Cc1cccc2c1C(C)(C)[n+]1cc3c(c4c1C2c1ccccc1-4)Cc1ccccc1C3. The molecule has 4 aromatic rings. The van der Waals surface area contributed by atoms with Crippen LogP contribution < -0.4 is 4.57 Å². The molecule has 3 aliphatic rings. The Kier molecular flexibility index (Phi) is 3.23. The molecule has 0 saturated carbocycles. The standard InChI is InChI=1S/C30H26N/c1-18-9-8-14-24-26-22-12-6-7-13-23(22)27-25-16-20-11-5-4-10-19(20)15-21(25)17-31(29(26)27)30(2,3)28(18)24/h4-14,17,26H,15-16H2,1-3H3/q+1. The minimum absolute atomic E-state index is 0.0741. The van der Waals surface area contributed by atoms with Crippen LogP contribution in [0.1, 0.15) is 70.0 Å². The van der Waals surface area contributed by atoms with E-state index in [2.05, 4.69) is 98.3 Å². The summed E-state index contributed by atoms with van der Waals surface area (Å²) < 4.78 is 2.63. The quantitative estimate of drug-likeness (QED) is 0.274. The van der Waals surface area contributed by atoms with Crippen LogP contribution in [0.4, 0.5) is 0 Å². The fourth-order valence-electron chi connectivity index (χ4n) is 6.76. The van der Waals surface area contributed by atoms with Crippen LogP contribution in [-0.2, 0) is 18.4 Å². The molecule has 0 N–H and O–H groups in total. The van der Waals surface area contributed by atoms with Gasteiger partial charge in [-0.2, -0.15) is 4.57 Å². The van der Waals surface area contributed by atoms with Crippen LogP contribution in [0.15, 0.2) is 72.9 Å². The molecular formula is C30H26N+. The fourth-order valence-corrected chi connectivity index (χ4v) is 6.76. The monoisotopic (exact) mass is 400 g/mol. The van der Waals surface area contributed by atoms with Gasteiger partial charge in [0.1, 0.15) is 0 Å². The van der Waals surface area contributed by atoms with Gasteiger partial charge in [-0.25, -0.2) is 0 Å². The second kappa shape index (κ2) is 5.73. The van der Waals surface area contributed by atoms with Gasteiger partial charge in [0.05, 0.1) is 11.5 Å². The Morgan fingerprint density at radius 2 is 1.48 bits per heavy atom. The Balaban J connectivity index is 1.62. The van der Waals surface area contributed by atoms with Gasteiger partial charge in [-0.15, -0.1) is 0 Å². The van der Waals surface area contributed by atoms with Crippen molar-refractivity contribution >= 4 is 0 Å². The minimum atomic E-state index is -0.0741. The van der Waals surface area contributed by atoms with Crippen molar-refractivity contribution in [1.82, 2.24) is 0 Å². The fraction of sp³-hybridized carbons (Fsp3) is 0.233. The smallest absolute Gasteiger partial charge is 0.192 e. The lowest BCUT2D eigenvalue weighted by molar-refractivity contribution is -0.756. The Labute approximate surface area is 184 Å². The molecule has 1 unspecified atom stereocenters. The highest BCUT2D eigenvalue weighted by Gasteiger charge is 2.51. The van der Waals surface area contributed by atoms with E-state index < -0.39 is 0 Å². The molecule has 0 bridgehead atoms. The molecule has 3 aromatic carbocycles. The van der Waals surface area contributed by atoms with E-state index in [0.29, 0.717) is 5.92 Å². The summed E-state index contributed by atoms with van der Waals surface area (Å²) in [5.74, 6) is 0.330. The summed E-state index contributed by atoms with van der Waals surface area (Å²) in [7, 11) is 0. The van der Waals surface area contributed by atoms with Crippen LogP contribution in [0.2, 0.25) is 0 Å². The average molecular weight is 401 g/mol. The molecule has 1 aromatic heterocycles. The van der Waals surface area contributed by atoms with Crippen LogP contribution in [0, 0.1) is 6.92 Å². The van der Waals surface area contributed by atoms with Gasteiger partial charge in [-0.05, 0) is 52.3 Å². The third kappa shape index (κ3) is 2.09. The summed E-state index contributed by atoms with van der Waals surface area (Å²) in [6.07, 6.45) is 4.57. The second-order valence-corrected chi connectivity index (χ2v) is 10.0. The highest BCUT2D eigenvalue weighted by molar-refractivity contribution is 5.83. The van der Waals surface area contributed by atoms with Gasteiger partial charge < -0.3 is 0 Å². The van der Waals surface area contributed by atoms with E-state index in [1.54, 1.807) is 5.56 Å². The maximum Gasteiger partial charge on any atom is 0.202 e. The average Bonchev–Trinajstić information content (AvgIpc) is 3.12. The zero-order valence-corrected chi connectivity index (χ0v) is 18.4. The molecule has 2 heterocycles. The predicted molar refractivity (Wildman–Crippen MR) is 125 cm³/mol. The van der Waals surface area contributed by atoms with E-state index in [-0.39, 0.29) is 5.54 Å². The second-order valence-electron chi connectivity index (χ2n) is 10.0. The number of fused-ring (bicyclic) bond motifs is 8. The van der Waals surface area contributed by atoms with E-state index in [0.717, 1.165) is 12.8 Å². The zero-order chi connectivity index (χ0) is 20.9. The van der Waals surface area contributed by atoms with E-state index >= 15 is 0 Å². The molecule has 1 aliphatic heterocycles. The Morgan fingerprint density at radius 1 is 0.774 bits per heavy atom. The van der Waals surface area contributed by atoms with Gasteiger partial charge in [0.25, 0.3) is 0 Å². The molecular weight excluding hydrogens is 374 g/mol. The van der Waals surface area contributed by atoms with Crippen LogP contribution in [0.25, 0.3) is 11.1 Å². The van der Waals surface area contributed by atoms with Crippen molar-refractivity contribution in [2.45, 2.75) is 45.1 Å². The summed E-state index contributed by atoms with van der Waals surface area (Å²) >= 11 is 0. The topological polar surface area (TPSA) is 3.88 Å². The molecule has 1 heteroatoms. The van der Waals surface area contributed by atoms with Crippen LogP contribution >= 0.6 is 0 Å². The number of hydrogen-bond donors (Lipinski definition) is 0. The lowest BCUT2D eigenvalue weighted by Crippen LogP contribution is -2.59. The number of aromatic nitrogens is 1. The van der Waals surface area contributed by atoms with Crippen molar-refractivity contribution in [3.8, 4) is 11.1 Å². The number of aryl methyl sites for hydroxylation is 1. The minimum Gasteiger partial charge on any atom is -0.192 e. The lowest BCUT2D eigenvalue weighted by Gasteiger charge is -2.35. The number of nitrogens with zero attached hydrogens (tertiary/aromatic N) is 1. The Morgan fingerprint density at radius 3 is 2.32 bits per heavy atom. The van der Waals surface area contributed by atoms with E-state index in [1.807, 2.05) is 0 Å². The molecule has 0 saturated heterocycles. The summed E-state index contributed by atoms with van der Waals surface area (Å²) in [4.78, 5) is 0. The van der Waals surface area contributed by atoms with Crippen molar-refractivity contribution in [3.63, 3.8) is 0 Å². The highest BCUT2D eigenvalue weighted by Crippen LogP contribution is 2.54. The molecule has 0 amide bonds. The normalized spacial score (nSPS) is 18.5. The Hall–Kier alpha value is -3.19. The third-order valence-electron chi connectivity index (χ3n) is 8.00. The summed E-state index contributed by atoms with van der Waals surface area (Å²) in [6, 6.07) is 25.0. The molecule has 1 atom stereocenters. The van der Waals surface area contributed by atoms with E-state index in [4.69, 9.17) is 0 Å².